The van der Waals surface area contributed by atoms with Gasteiger partial charge >= 0.3 is 84.8 Å². The molecule has 0 saturated carbocycles. The first-order valence-electron chi connectivity index (χ1n) is 11.0. The Hall–Kier alpha value is -3.01. The van der Waals surface area contributed by atoms with Gasteiger partial charge in [0.05, 0.1) is 0 Å². The maximum atomic E-state index is 14.2. The predicted octanol–water partition coefficient (Wildman–Crippen LogP) is 9.15. The molecule has 1 aromatic rings. The minimum absolute atomic E-state index is 1.29. The first kappa shape index (κ1) is 47.0. The fourth-order valence-corrected chi connectivity index (χ4v) is 2.74. The van der Waals surface area contributed by atoms with Crippen molar-refractivity contribution in [3.05, 3.63) is 18.7 Å². The standard InChI is InChI=1S/C17H3F30N2O3/c18-4(19,6(22,23)8(26,27)10(30,31)32)5(20,21)7(24,25)9(28,29)11(33,34)48-1-2-49(3-48)17(46,47)52-15(41,42)13(37,38)50-12(35,36)14(39,40)51-16(43,44)45/h1-3H/q+1. The predicted molar refractivity (Wildman–Crippen MR) is 89.8 cm³/mol. The van der Waals surface area contributed by atoms with Gasteiger partial charge in [-0.1, -0.05) is 0 Å². The second kappa shape index (κ2) is 12.3. The lowest BCUT2D eigenvalue weighted by atomic mass is 9.90. The summed E-state index contributed by atoms with van der Waals surface area (Å²) in [5.41, 5.74) is 0. The Morgan fingerprint density at radius 1 is 0.365 bits per heavy atom. The fraction of sp³-hybridized carbons (Fsp3) is 0.824. The zero-order chi connectivity index (χ0) is 42.4. The highest BCUT2D eigenvalue weighted by Crippen LogP contribution is 2.64. The smallest absolute Gasteiger partial charge is 0.241 e. The molecule has 0 fully saturated rings. The van der Waals surface area contributed by atoms with E-state index in [4.69, 9.17) is 0 Å². The summed E-state index contributed by atoms with van der Waals surface area (Å²) >= 11 is 0. The first-order chi connectivity index (χ1) is 22.1. The second-order valence-corrected chi connectivity index (χ2v) is 9.02. The molecular formula is C17H3F30N2O3+. The van der Waals surface area contributed by atoms with E-state index in [1.807, 2.05) is 4.74 Å². The summed E-state index contributed by atoms with van der Waals surface area (Å²) in [6.45, 7) is 0. The van der Waals surface area contributed by atoms with E-state index in [9.17, 15) is 132 Å². The van der Waals surface area contributed by atoms with Crippen molar-refractivity contribution in [1.29, 1.82) is 0 Å². The van der Waals surface area contributed by atoms with E-state index in [1.54, 1.807) is 0 Å². The van der Waals surface area contributed by atoms with Crippen LogP contribution in [0.2, 0.25) is 0 Å². The summed E-state index contributed by atoms with van der Waals surface area (Å²) in [6, 6.07) is -7.74. The van der Waals surface area contributed by atoms with Gasteiger partial charge in [0.1, 0.15) is 12.4 Å². The Labute approximate surface area is 260 Å². The molecule has 52 heavy (non-hydrogen) atoms. The van der Waals surface area contributed by atoms with Gasteiger partial charge < -0.3 is 0 Å². The molecular weight excluding hydrogens is 850 g/mol. The minimum atomic E-state index is -9.18. The number of halogens is 30. The molecule has 1 aromatic heterocycles. The number of imidazole rings is 1. The molecule has 0 aliphatic heterocycles. The van der Waals surface area contributed by atoms with E-state index < -0.39 is 113 Å². The largest absolute Gasteiger partial charge is 0.534 e. The highest BCUT2D eigenvalue weighted by atomic mass is 19.4. The van der Waals surface area contributed by atoms with E-state index in [0.29, 0.717) is 0 Å². The van der Waals surface area contributed by atoms with E-state index in [1.165, 1.54) is 9.47 Å². The summed E-state index contributed by atoms with van der Waals surface area (Å²) in [5, 5.41) is 0. The lowest BCUT2D eigenvalue weighted by Crippen LogP contribution is -2.74. The van der Waals surface area contributed by atoms with Crippen molar-refractivity contribution in [1.82, 2.24) is 4.57 Å². The quantitative estimate of drug-likeness (QED) is 0.131. The third-order valence-corrected chi connectivity index (χ3v) is 5.40. The van der Waals surface area contributed by atoms with Crippen molar-refractivity contribution < 1.29 is 150 Å². The molecule has 1 heterocycles. The Morgan fingerprint density at radius 3 is 1.02 bits per heavy atom. The van der Waals surface area contributed by atoms with Crippen molar-refractivity contribution in [2.75, 3.05) is 0 Å². The molecule has 308 valence electrons. The zero-order valence-corrected chi connectivity index (χ0v) is 22.2. The molecule has 35 heteroatoms. The average molecular weight is 853 g/mol. The molecule has 0 amide bonds. The fourth-order valence-electron chi connectivity index (χ4n) is 2.74. The maximum Gasteiger partial charge on any atom is 0.534 e. The van der Waals surface area contributed by atoms with Gasteiger partial charge in [0, 0.05) is 0 Å². The molecule has 0 bridgehead atoms. The van der Waals surface area contributed by atoms with Crippen molar-refractivity contribution in [3.8, 4) is 0 Å². The molecule has 0 atom stereocenters. The second-order valence-electron chi connectivity index (χ2n) is 9.02. The van der Waals surface area contributed by atoms with E-state index >= 15 is 0 Å². The number of alkyl halides is 30. The molecule has 1 rings (SSSR count). The van der Waals surface area contributed by atoms with Crippen molar-refractivity contribution in [2.24, 2.45) is 0 Å². The number of hydrogen-bond acceptors (Lipinski definition) is 3. The highest BCUT2D eigenvalue weighted by molar-refractivity contribution is 5.14. The van der Waals surface area contributed by atoms with Crippen LogP contribution in [0.3, 0.4) is 0 Å². The van der Waals surface area contributed by atoms with Gasteiger partial charge in [-0.3, -0.25) is 0 Å². The van der Waals surface area contributed by atoms with Crippen LogP contribution in [0.15, 0.2) is 18.7 Å². The normalized spacial score (nSPS) is 16.5. The van der Waals surface area contributed by atoms with Crippen molar-refractivity contribution in [2.45, 2.75) is 84.8 Å². The Morgan fingerprint density at radius 2 is 0.673 bits per heavy atom. The molecule has 0 saturated heterocycles. The Bertz CT molecular complexity index is 1420. The summed E-state index contributed by atoms with van der Waals surface area (Å²) in [7, 11) is 0. The maximum absolute atomic E-state index is 14.2. The monoisotopic (exact) mass is 853 g/mol. The van der Waals surface area contributed by atoms with Crippen LogP contribution in [0.5, 0.6) is 0 Å². The summed E-state index contributed by atoms with van der Waals surface area (Å²) in [5.74, 6) is -53.5. The molecule has 0 aliphatic rings. The molecule has 0 radical (unpaired) electrons. The molecule has 0 aromatic carbocycles. The highest BCUT2D eigenvalue weighted by Gasteiger charge is 2.96. The van der Waals surface area contributed by atoms with Gasteiger partial charge in [0.25, 0.3) is 6.33 Å². The number of ether oxygens (including phenoxy) is 3. The van der Waals surface area contributed by atoms with Crippen LogP contribution in [-0.2, 0) is 26.5 Å². The van der Waals surface area contributed by atoms with Crippen LogP contribution in [-0.4, -0.2) is 77.1 Å². The SMILES string of the molecule is FC(F)(F)OC(F)(F)C(F)(F)OC(F)(F)C(F)(F)OC(F)(F)[n+]1ccn(C(F)(F)C(F)(F)C(F)(F)C(F)(F)C(F)(F)C(F)(F)C(F)(F)C(F)(F)F)c1. The van der Waals surface area contributed by atoms with Crippen LogP contribution in [0.25, 0.3) is 0 Å². The van der Waals surface area contributed by atoms with Crippen LogP contribution in [0, 0.1) is 0 Å². The molecule has 0 N–H and O–H groups in total. The number of rotatable bonds is 15. The number of nitrogens with zero attached hydrogens (tertiary/aromatic N) is 2. The lowest BCUT2D eigenvalue weighted by molar-refractivity contribution is -0.885. The van der Waals surface area contributed by atoms with Crippen LogP contribution in [0.1, 0.15) is 0 Å². The van der Waals surface area contributed by atoms with E-state index in [2.05, 4.69) is 0 Å². The minimum Gasteiger partial charge on any atom is -0.241 e. The zero-order valence-electron chi connectivity index (χ0n) is 22.2. The van der Waals surface area contributed by atoms with Gasteiger partial charge in [-0.05, 0) is 0 Å². The number of hydrogen-bond donors (Lipinski definition) is 0. The lowest BCUT2D eigenvalue weighted by Gasteiger charge is -2.42. The van der Waals surface area contributed by atoms with Gasteiger partial charge in [0.15, 0.2) is 0 Å². The van der Waals surface area contributed by atoms with Crippen LogP contribution >= 0.6 is 0 Å². The van der Waals surface area contributed by atoms with E-state index in [0.717, 1.165) is 0 Å². The summed E-state index contributed by atoms with van der Waals surface area (Å²) in [4.78, 5) is 0. The molecule has 0 aliphatic carbocycles. The van der Waals surface area contributed by atoms with Crippen molar-refractivity contribution >= 4 is 0 Å². The first-order valence-corrected chi connectivity index (χ1v) is 11.0. The van der Waals surface area contributed by atoms with Crippen LogP contribution < -0.4 is 4.57 Å². The van der Waals surface area contributed by atoms with Gasteiger partial charge in [-0.2, -0.15) is 114 Å². The summed E-state index contributed by atoms with van der Waals surface area (Å²) < 4.78 is 396. The topological polar surface area (TPSA) is 36.5 Å². The Kier molecular flexibility index (Phi) is 11.1. The molecule has 0 unspecified atom stereocenters. The van der Waals surface area contributed by atoms with Gasteiger partial charge in [0.2, 0.25) is 0 Å². The average Bonchev–Trinajstić information content (AvgIpc) is 3.37. The van der Waals surface area contributed by atoms with E-state index in [-0.39, 0.29) is 0 Å². The third-order valence-electron chi connectivity index (χ3n) is 5.40. The van der Waals surface area contributed by atoms with Gasteiger partial charge in [-0.25, -0.2) is 14.2 Å². The molecule has 0 spiro atoms. The number of aromatic nitrogens is 2. The van der Waals surface area contributed by atoms with Crippen molar-refractivity contribution in [3.63, 3.8) is 0 Å². The molecule has 5 nitrogen and oxygen atoms in total. The van der Waals surface area contributed by atoms with Gasteiger partial charge in [-0.15, -0.1) is 26.5 Å². The third kappa shape index (κ3) is 7.26. The summed E-state index contributed by atoms with van der Waals surface area (Å²) in [6.07, 6.45) is -57.0. The Balaban J connectivity index is 3.61. The van der Waals surface area contributed by atoms with Crippen LogP contribution in [0.4, 0.5) is 132 Å².